The monoisotopic (exact) mass is 259 g/mol. The van der Waals surface area contributed by atoms with E-state index >= 15 is 0 Å². The maximum absolute atomic E-state index is 13.6. The molecule has 2 aromatic rings. The van der Waals surface area contributed by atoms with Crippen LogP contribution in [-0.2, 0) is 6.18 Å². The average molecular weight is 259 g/mol. The summed E-state index contributed by atoms with van der Waals surface area (Å²) < 4.78 is 51.5. The molecule has 1 heterocycles. The molecule has 2 rings (SSSR count). The van der Waals surface area contributed by atoms with Gasteiger partial charge < -0.3 is 5.43 Å². The molecule has 3 N–H and O–H groups in total. The molecule has 7 heteroatoms. The third-order valence-corrected chi connectivity index (χ3v) is 2.56. The van der Waals surface area contributed by atoms with Gasteiger partial charge in [-0.3, -0.25) is 5.84 Å². The Hall–Kier alpha value is -1.89. The molecule has 0 aliphatic heterocycles. The van der Waals surface area contributed by atoms with Crippen molar-refractivity contribution in [2.75, 3.05) is 5.43 Å². The van der Waals surface area contributed by atoms with E-state index in [1.807, 2.05) is 0 Å². The first-order valence-electron chi connectivity index (χ1n) is 4.98. The number of nitrogens with zero attached hydrogens (tertiary/aromatic N) is 1. The molecule has 96 valence electrons. The van der Waals surface area contributed by atoms with Gasteiger partial charge in [0.2, 0.25) is 0 Å². The predicted molar refractivity (Wildman–Crippen MR) is 59.3 cm³/mol. The fraction of sp³-hybridized carbons (Fsp3) is 0.182. The van der Waals surface area contributed by atoms with Crippen molar-refractivity contribution >= 4 is 16.6 Å². The van der Waals surface area contributed by atoms with Crippen LogP contribution in [0.25, 0.3) is 10.9 Å². The Bertz CT molecular complexity index is 607. The van der Waals surface area contributed by atoms with E-state index < -0.39 is 17.7 Å². The number of alkyl halides is 3. The van der Waals surface area contributed by atoms with Crippen molar-refractivity contribution in [3.63, 3.8) is 0 Å². The van der Waals surface area contributed by atoms with Gasteiger partial charge in [0.05, 0.1) is 16.6 Å². The fourth-order valence-corrected chi connectivity index (χ4v) is 1.69. The molecule has 0 bridgehead atoms. The van der Waals surface area contributed by atoms with Gasteiger partial charge in [0, 0.05) is 0 Å². The number of halogens is 4. The molecule has 0 saturated heterocycles. The fourth-order valence-electron chi connectivity index (χ4n) is 1.69. The minimum Gasteiger partial charge on any atom is -0.323 e. The number of anilines is 1. The molecule has 0 saturated carbocycles. The van der Waals surface area contributed by atoms with E-state index in [-0.39, 0.29) is 16.6 Å². The Kier molecular flexibility index (Phi) is 2.86. The van der Waals surface area contributed by atoms with Crippen molar-refractivity contribution in [2.45, 2.75) is 13.1 Å². The topological polar surface area (TPSA) is 50.9 Å². The number of nitrogens with one attached hydrogen (secondary N) is 1. The normalized spacial score (nSPS) is 11.9. The molecule has 18 heavy (non-hydrogen) atoms. The first-order chi connectivity index (χ1) is 8.34. The highest BCUT2D eigenvalue weighted by Crippen LogP contribution is 2.34. The molecule has 0 fully saturated rings. The van der Waals surface area contributed by atoms with Gasteiger partial charge in [-0.05, 0) is 24.6 Å². The second-order valence-electron chi connectivity index (χ2n) is 3.79. The average Bonchev–Trinajstić information content (AvgIpc) is 2.31. The number of hydrogen-bond acceptors (Lipinski definition) is 3. The highest BCUT2D eigenvalue weighted by atomic mass is 19.4. The van der Waals surface area contributed by atoms with Gasteiger partial charge in [0.15, 0.2) is 0 Å². The van der Waals surface area contributed by atoms with Crippen LogP contribution in [0.1, 0.15) is 11.3 Å². The molecule has 1 aromatic heterocycles. The van der Waals surface area contributed by atoms with Crippen molar-refractivity contribution in [1.29, 1.82) is 0 Å². The Labute approximate surface area is 99.6 Å². The van der Waals surface area contributed by atoms with Gasteiger partial charge in [0.1, 0.15) is 11.5 Å². The number of nitrogen functional groups attached to an aromatic ring is 1. The number of pyridine rings is 1. The summed E-state index contributed by atoms with van der Waals surface area (Å²) in [7, 11) is 0. The summed E-state index contributed by atoms with van der Waals surface area (Å²) in [6.45, 7) is 1.55. The molecule has 0 spiro atoms. The lowest BCUT2D eigenvalue weighted by atomic mass is 10.1. The molecule has 0 aliphatic carbocycles. The summed E-state index contributed by atoms with van der Waals surface area (Å²) in [6.07, 6.45) is -4.61. The van der Waals surface area contributed by atoms with Gasteiger partial charge in [-0.1, -0.05) is 6.07 Å². The number of aromatic nitrogens is 1. The quantitative estimate of drug-likeness (QED) is 0.470. The Morgan fingerprint density at radius 1 is 1.28 bits per heavy atom. The van der Waals surface area contributed by atoms with Gasteiger partial charge >= 0.3 is 6.18 Å². The van der Waals surface area contributed by atoms with Crippen LogP contribution in [0.4, 0.5) is 23.2 Å². The molecule has 3 nitrogen and oxygen atoms in total. The van der Waals surface area contributed by atoms with E-state index in [2.05, 4.69) is 10.4 Å². The number of aryl methyl sites for hydroxylation is 1. The van der Waals surface area contributed by atoms with Crippen LogP contribution < -0.4 is 11.3 Å². The van der Waals surface area contributed by atoms with E-state index in [4.69, 9.17) is 5.84 Å². The van der Waals surface area contributed by atoms with E-state index in [1.54, 1.807) is 6.92 Å². The van der Waals surface area contributed by atoms with E-state index in [1.165, 1.54) is 6.07 Å². The lowest BCUT2D eigenvalue weighted by Gasteiger charge is -2.13. The van der Waals surface area contributed by atoms with Crippen molar-refractivity contribution in [3.8, 4) is 0 Å². The van der Waals surface area contributed by atoms with Crippen molar-refractivity contribution < 1.29 is 17.6 Å². The number of fused-ring (bicyclic) bond motifs is 1. The zero-order valence-electron chi connectivity index (χ0n) is 9.27. The van der Waals surface area contributed by atoms with Crippen molar-refractivity contribution in [1.82, 2.24) is 4.98 Å². The van der Waals surface area contributed by atoms with E-state index in [9.17, 15) is 17.6 Å². The minimum atomic E-state index is -4.61. The molecule has 0 radical (unpaired) electrons. The van der Waals surface area contributed by atoms with Crippen molar-refractivity contribution in [3.05, 3.63) is 35.3 Å². The van der Waals surface area contributed by atoms with Crippen LogP contribution in [0.3, 0.4) is 0 Å². The highest BCUT2D eigenvalue weighted by Gasteiger charge is 2.33. The molecular formula is C11H9F4N3. The third-order valence-electron chi connectivity index (χ3n) is 2.56. The van der Waals surface area contributed by atoms with Crippen LogP contribution >= 0.6 is 0 Å². The maximum atomic E-state index is 13.6. The Morgan fingerprint density at radius 2 is 1.94 bits per heavy atom. The summed E-state index contributed by atoms with van der Waals surface area (Å²) in [4.78, 5) is 3.45. The predicted octanol–water partition coefficient (Wildman–Crippen LogP) is 2.99. The van der Waals surface area contributed by atoms with Gasteiger partial charge in [-0.25, -0.2) is 9.37 Å². The van der Waals surface area contributed by atoms with E-state index in [0.717, 1.165) is 6.07 Å². The van der Waals surface area contributed by atoms with Crippen LogP contribution in [-0.4, -0.2) is 4.98 Å². The first kappa shape index (κ1) is 12.6. The molecule has 0 unspecified atom stereocenters. The number of hydrogen-bond donors (Lipinski definition) is 2. The number of rotatable bonds is 1. The second kappa shape index (κ2) is 4.09. The van der Waals surface area contributed by atoms with Gasteiger partial charge in [-0.15, -0.1) is 0 Å². The molecule has 0 aliphatic rings. The first-order valence-corrected chi connectivity index (χ1v) is 4.98. The van der Waals surface area contributed by atoms with Crippen LogP contribution in [0.5, 0.6) is 0 Å². The van der Waals surface area contributed by atoms with Crippen LogP contribution in [0.2, 0.25) is 0 Å². The Balaban J connectivity index is 2.88. The van der Waals surface area contributed by atoms with Crippen LogP contribution in [0.15, 0.2) is 18.2 Å². The molecule has 0 amide bonds. The number of hydrazine groups is 1. The third kappa shape index (κ3) is 1.97. The number of nitrogens with two attached hydrogens (primary N) is 1. The smallest absolute Gasteiger partial charge is 0.323 e. The minimum absolute atomic E-state index is 0.0505. The summed E-state index contributed by atoms with van der Waals surface area (Å²) in [5.41, 5.74) is 1.19. The summed E-state index contributed by atoms with van der Waals surface area (Å²) >= 11 is 0. The largest absolute Gasteiger partial charge is 0.433 e. The molecule has 0 atom stereocenters. The summed E-state index contributed by atoms with van der Waals surface area (Å²) in [6, 6.07) is 3.21. The van der Waals surface area contributed by atoms with Crippen molar-refractivity contribution in [2.24, 2.45) is 5.84 Å². The lowest BCUT2D eigenvalue weighted by molar-refractivity contribution is -0.140. The second-order valence-corrected chi connectivity index (χ2v) is 3.79. The molecular weight excluding hydrogens is 250 g/mol. The summed E-state index contributed by atoms with van der Waals surface area (Å²) in [5, 5.41) is -0.0505. The number of benzene rings is 1. The standard InChI is InChI=1S/C11H9F4N3/c1-5-2-3-6(12)9-7(18-16)4-8(11(13,14)15)17-10(5)9/h2-4H,16H2,1H3,(H,17,18). The Morgan fingerprint density at radius 3 is 2.50 bits per heavy atom. The zero-order chi connectivity index (χ0) is 13.5. The molecule has 1 aromatic carbocycles. The van der Waals surface area contributed by atoms with Gasteiger partial charge in [0.25, 0.3) is 0 Å². The maximum Gasteiger partial charge on any atom is 0.433 e. The highest BCUT2D eigenvalue weighted by molar-refractivity contribution is 5.93. The summed E-state index contributed by atoms with van der Waals surface area (Å²) in [5.74, 6) is 4.46. The SMILES string of the molecule is Cc1ccc(F)c2c(NN)cc(C(F)(F)F)nc12. The lowest BCUT2D eigenvalue weighted by Crippen LogP contribution is -2.13. The van der Waals surface area contributed by atoms with E-state index in [0.29, 0.717) is 11.6 Å². The van der Waals surface area contributed by atoms with Gasteiger partial charge in [-0.2, -0.15) is 13.2 Å². The zero-order valence-corrected chi connectivity index (χ0v) is 9.27. The van der Waals surface area contributed by atoms with Crippen LogP contribution in [0, 0.1) is 12.7 Å².